The molecule has 0 saturated carbocycles. The van der Waals surface area contributed by atoms with Crippen LogP contribution in [0, 0.1) is 5.41 Å². The average Bonchev–Trinajstić information content (AvgIpc) is 2.70. The van der Waals surface area contributed by atoms with Crippen LogP contribution in [0.15, 0.2) is 24.3 Å². The van der Waals surface area contributed by atoms with E-state index in [9.17, 15) is 14.4 Å². The zero-order valence-electron chi connectivity index (χ0n) is 16.3. The summed E-state index contributed by atoms with van der Waals surface area (Å²) in [6.45, 7) is 2.32. The van der Waals surface area contributed by atoms with Crippen LogP contribution < -0.4 is 9.64 Å². The Morgan fingerprint density at radius 2 is 1.52 bits per heavy atom. The minimum Gasteiger partial charge on any atom is -0.497 e. The SMILES string of the molecule is COc1ccc(CC2(C[NH+]3CCCCC3)C(=O)N(C)C(=O)N(C)C2=O)cc1. The zero-order chi connectivity index (χ0) is 19.6. The number of amides is 4. The van der Waals surface area contributed by atoms with Crippen LogP contribution in [0.25, 0.3) is 0 Å². The van der Waals surface area contributed by atoms with E-state index in [1.165, 1.54) is 25.4 Å². The summed E-state index contributed by atoms with van der Waals surface area (Å²) in [5.41, 5.74) is -0.372. The van der Waals surface area contributed by atoms with Crippen LogP contribution in [-0.4, -0.2) is 68.5 Å². The summed E-state index contributed by atoms with van der Waals surface area (Å²) in [6.07, 6.45) is 3.66. The smallest absolute Gasteiger partial charge is 0.332 e. The standard InChI is InChI=1S/C20H27N3O4/c1-21-17(24)20(18(25)22(2)19(21)26,14-23-11-5-4-6-12-23)13-15-7-9-16(27-3)10-8-15/h7-10H,4-6,11-14H2,1-3H3/p+1. The first-order valence-corrected chi connectivity index (χ1v) is 9.46. The van der Waals surface area contributed by atoms with Gasteiger partial charge in [-0.05, 0) is 37.0 Å². The monoisotopic (exact) mass is 374 g/mol. The van der Waals surface area contributed by atoms with E-state index in [2.05, 4.69) is 0 Å². The van der Waals surface area contributed by atoms with Gasteiger partial charge >= 0.3 is 6.03 Å². The van der Waals surface area contributed by atoms with Crippen LogP contribution in [0.2, 0.25) is 0 Å². The molecular formula is C20H28N3O4+. The molecule has 2 fully saturated rings. The second-order valence-electron chi connectivity index (χ2n) is 7.61. The second kappa shape index (κ2) is 7.68. The minimum atomic E-state index is -1.25. The molecule has 2 aliphatic rings. The number of methoxy groups -OCH3 is 1. The van der Waals surface area contributed by atoms with E-state index in [1.807, 2.05) is 24.3 Å². The highest BCUT2D eigenvalue weighted by molar-refractivity contribution is 6.19. The Labute approximate surface area is 159 Å². The van der Waals surface area contributed by atoms with Gasteiger partial charge in [-0.1, -0.05) is 12.1 Å². The van der Waals surface area contributed by atoms with Crippen LogP contribution in [0.4, 0.5) is 4.79 Å². The minimum absolute atomic E-state index is 0.278. The van der Waals surface area contributed by atoms with E-state index in [4.69, 9.17) is 4.74 Å². The number of nitrogens with one attached hydrogen (secondary N) is 1. The number of quaternary nitrogens is 1. The molecule has 2 aliphatic heterocycles. The maximum atomic E-state index is 13.2. The molecule has 0 aromatic heterocycles. The zero-order valence-corrected chi connectivity index (χ0v) is 16.3. The Balaban J connectivity index is 1.97. The number of rotatable bonds is 5. The average molecular weight is 374 g/mol. The van der Waals surface area contributed by atoms with Crippen LogP contribution in [-0.2, 0) is 16.0 Å². The first kappa shape index (κ1) is 19.4. The summed E-state index contributed by atoms with van der Waals surface area (Å²) in [6, 6.07) is 6.84. The fourth-order valence-corrected chi connectivity index (χ4v) is 4.24. The highest BCUT2D eigenvalue weighted by atomic mass is 16.5. The number of ether oxygens (including phenoxy) is 1. The molecule has 0 unspecified atom stereocenters. The van der Waals surface area contributed by atoms with Gasteiger partial charge in [-0.15, -0.1) is 0 Å². The van der Waals surface area contributed by atoms with Gasteiger partial charge in [0, 0.05) is 20.5 Å². The topological polar surface area (TPSA) is 71.4 Å². The highest BCUT2D eigenvalue weighted by Gasteiger charge is 2.57. The lowest BCUT2D eigenvalue weighted by Gasteiger charge is -2.43. The molecule has 1 aromatic rings. The fourth-order valence-electron chi connectivity index (χ4n) is 4.24. The second-order valence-corrected chi connectivity index (χ2v) is 7.61. The molecule has 3 rings (SSSR count). The number of hydrogen-bond acceptors (Lipinski definition) is 4. The number of piperidine rings is 1. The summed E-state index contributed by atoms with van der Waals surface area (Å²) in [4.78, 5) is 42.2. The lowest BCUT2D eigenvalue weighted by atomic mass is 9.76. The van der Waals surface area contributed by atoms with Crippen LogP contribution in [0.5, 0.6) is 5.75 Å². The van der Waals surface area contributed by atoms with Crippen LogP contribution in [0.3, 0.4) is 0 Å². The third-order valence-electron chi connectivity index (χ3n) is 5.78. The number of benzene rings is 1. The predicted molar refractivity (Wildman–Crippen MR) is 99.5 cm³/mol. The van der Waals surface area contributed by atoms with Crippen molar-refractivity contribution in [1.29, 1.82) is 0 Å². The third kappa shape index (κ3) is 3.56. The number of likely N-dealkylation sites (tertiary alicyclic amines) is 1. The van der Waals surface area contributed by atoms with Gasteiger partial charge < -0.3 is 9.64 Å². The Hall–Kier alpha value is -2.41. The molecule has 2 heterocycles. The number of imide groups is 2. The molecular weight excluding hydrogens is 346 g/mol. The third-order valence-corrected chi connectivity index (χ3v) is 5.78. The van der Waals surface area contributed by atoms with Crippen molar-refractivity contribution in [2.24, 2.45) is 5.41 Å². The molecule has 146 valence electrons. The molecule has 7 nitrogen and oxygen atoms in total. The number of carbonyl (C=O) groups excluding carboxylic acids is 3. The lowest BCUT2D eigenvalue weighted by molar-refractivity contribution is -0.909. The molecule has 1 N–H and O–H groups in total. The number of nitrogens with zero attached hydrogens (tertiary/aromatic N) is 2. The molecule has 0 aliphatic carbocycles. The van der Waals surface area contributed by atoms with E-state index in [0.29, 0.717) is 6.54 Å². The normalized spacial score (nSPS) is 20.9. The summed E-state index contributed by atoms with van der Waals surface area (Å²) < 4.78 is 5.20. The van der Waals surface area contributed by atoms with Crippen LogP contribution in [0.1, 0.15) is 24.8 Å². The van der Waals surface area contributed by atoms with Crippen molar-refractivity contribution in [3.05, 3.63) is 29.8 Å². The summed E-state index contributed by atoms with van der Waals surface area (Å²) >= 11 is 0. The van der Waals surface area contributed by atoms with E-state index in [1.54, 1.807) is 7.11 Å². The molecule has 7 heteroatoms. The lowest BCUT2D eigenvalue weighted by Crippen LogP contribution is -3.14. The van der Waals surface area contributed by atoms with Gasteiger partial charge in [0.05, 0.1) is 20.2 Å². The molecule has 2 saturated heterocycles. The van der Waals surface area contributed by atoms with Gasteiger partial charge in [0.25, 0.3) is 11.8 Å². The summed E-state index contributed by atoms with van der Waals surface area (Å²) in [5, 5.41) is 0. The molecule has 0 bridgehead atoms. The molecule has 0 atom stereocenters. The first-order chi connectivity index (χ1) is 12.9. The van der Waals surface area contributed by atoms with E-state index in [-0.39, 0.29) is 6.42 Å². The highest BCUT2D eigenvalue weighted by Crippen LogP contribution is 2.32. The Morgan fingerprint density at radius 1 is 0.963 bits per heavy atom. The Bertz CT molecular complexity index is 701. The number of hydrogen-bond donors (Lipinski definition) is 1. The molecule has 0 radical (unpaired) electrons. The molecule has 1 aromatic carbocycles. The van der Waals surface area contributed by atoms with Crippen molar-refractivity contribution in [2.45, 2.75) is 25.7 Å². The van der Waals surface area contributed by atoms with E-state index < -0.39 is 23.3 Å². The van der Waals surface area contributed by atoms with Crippen molar-refractivity contribution in [3.63, 3.8) is 0 Å². The first-order valence-electron chi connectivity index (χ1n) is 9.46. The molecule has 0 spiro atoms. The Kier molecular flexibility index (Phi) is 5.51. The Morgan fingerprint density at radius 3 is 2.04 bits per heavy atom. The molecule has 4 amide bonds. The largest absolute Gasteiger partial charge is 0.497 e. The van der Waals surface area contributed by atoms with E-state index >= 15 is 0 Å². The number of carbonyl (C=O) groups is 3. The van der Waals surface area contributed by atoms with Crippen LogP contribution >= 0.6 is 0 Å². The number of barbiturate groups is 1. The van der Waals surface area contributed by atoms with Gasteiger partial charge in [-0.3, -0.25) is 19.4 Å². The van der Waals surface area contributed by atoms with Gasteiger partial charge in [0.1, 0.15) is 12.3 Å². The maximum Gasteiger partial charge on any atom is 0.332 e. The van der Waals surface area contributed by atoms with Crippen molar-refractivity contribution < 1.29 is 24.0 Å². The van der Waals surface area contributed by atoms with Crippen molar-refractivity contribution in [2.75, 3.05) is 40.8 Å². The van der Waals surface area contributed by atoms with Crippen molar-refractivity contribution in [1.82, 2.24) is 9.80 Å². The fraction of sp³-hybridized carbons (Fsp3) is 0.550. The van der Waals surface area contributed by atoms with Gasteiger partial charge in [0.2, 0.25) is 0 Å². The van der Waals surface area contributed by atoms with Gasteiger partial charge in [0.15, 0.2) is 5.41 Å². The predicted octanol–water partition coefficient (Wildman–Crippen LogP) is 0.343. The molecule has 27 heavy (non-hydrogen) atoms. The van der Waals surface area contributed by atoms with Crippen molar-refractivity contribution in [3.8, 4) is 5.75 Å². The summed E-state index contributed by atoms with van der Waals surface area (Å²) in [7, 11) is 4.52. The van der Waals surface area contributed by atoms with E-state index in [0.717, 1.165) is 47.0 Å². The van der Waals surface area contributed by atoms with Crippen molar-refractivity contribution >= 4 is 17.8 Å². The number of urea groups is 1. The quantitative estimate of drug-likeness (QED) is 0.755. The summed E-state index contributed by atoms with van der Waals surface area (Å²) in [5.74, 6) is -0.0749. The van der Waals surface area contributed by atoms with Gasteiger partial charge in [-0.25, -0.2) is 4.79 Å². The van der Waals surface area contributed by atoms with Gasteiger partial charge in [-0.2, -0.15) is 0 Å². The maximum absolute atomic E-state index is 13.2.